The second-order valence-electron chi connectivity index (χ2n) is 11.5. The van der Waals surface area contributed by atoms with E-state index >= 15 is 0 Å². The number of aromatic nitrogens is 7. The van der Waals surface area contributed by atoms with Gasteiger partial charge < -0.3 is 29.4 Å². The number of anilines is 1. The zero-order chi connectivity index (χ0) is 34.0. The second kappa shape index (κ2) is 11.7. The van der Waals surface area contributed by atoms with Crippen LogP contribution in [-0.4, -0.2) is 82.1 Å². The number of nitrogens with zero attached hydrogens (tertiary/aromatic N) is 8. The van der Waals surface area contributed by atoms with Gasteiger partial charge in [-0.05, 0) is 43.9 Å². The summed E-state index contributed by atoms with van der Waals surface area (Å²) < 4.78 is 53.8. The van der Waals surface area contributed by atoms with Gasteiger partial charge in [-0.2, -0.15) is 19.3 Å². The number of hydrogen-bond acceptors (Lipinski definition) is 10. The maximum Gasteiger partial charge on any atom is 0.505 e. The van der Waals surface area contributed by atoms with Gasteiger partial charge in [0.2, 0.25) is 11.7 Å². The molecule has 0 aliphatic carbocycles. The van der Waals surface area contributed by atoms with E-state index in [2.05, 4.69) is 25.5 Å². The van der Waals surface area contributed by atoms with Crippen molar-refractivity contribution >= 4 is 40.5 Å². The lowest BCUT2D eigenvalue weighted by Gasteiger charge is -2.39. The van der Waals surface area contributed by atoms with Gasteiger partial charge in [-0.25, -0.2) is 4.98 Å². The summed E-state index contributed by atoms with van der Waals surface area (Å²) in [7, 11) is 0. The smallest absolute Gasteiger partial charge is 0.505 e. The lowest BCUT2D eigenvalue weighted by Crippen LogP contribution is -2.47. The zero-order valence-electron chi connectivity index (χ0n) is 25.2. The average molecular weight is 690 g/mol. The summed E-state index contributed by atoms with van der Waals surface area (Å²) in [4.78, 5) is 51.0. The Morgan fingerprint density at radius 3 is 2.69 bits per heavy atom. The first-order chi connectivity index (χ1) is 22.9. The highest BCUT2D eigenvalue weighted by Gasteiger charge is 2.50. The molecule has 4 aromatic heterocycles. The highest BCUT2D eigenvalue weighted by Crippen LogP contribution is 2.48. The molecule has 2 amide bonds. The third-order valence-corrected chi connectivity index (χ3v) is 9.02. The first kappa shape index (κ1) is 31.8. The third-order valence-electron chi connectivity index (χ3n) is 8.65. The molecule has 3 aliphatic rings. The summed E-state index contributed by atoms with van der Waals surface area (Å²) in [6, 6.07) is 2.87. The molecule has 7 heterocycles. The average Bonchev–Trinajstić information content (AvgIpc) is 3.74. The largest absolute Gasteiger partial charge is 0.505 e. The Labute approximate surface area is 273 Å². The molecule has 1 saturated heterocycles. The van der Waals surface area contributed by atoms with Crippen LogP contribution in [-0.2, 0) is 32.7 Å². The number of ether oxygens (including phenoxy) is 2. The predicted molar refractivity (Wildman–Crippen MR) is 160 cm³/mol. The summed E-state index contributed by atoms with van der Waals surface area (Å²) in [5.74, 6) is -1.21. The van der Waals surface area contributed by atoms with Crippen LogP contribution in [0, 0.1) is 0 Å². The molecular weight excluding hydrogens is 663 g/mol. The molecule has 1 spiro atoms. The Balaban J connectivity index is 1.27. The minimum absolute atomic E-state index is 0.0270. The molecule has 1 unspecified atom stereocenters. The summed E-state index contributed by atoms with van der Waals surface area (Å²) in [5, 5.41) is 19.4. The lowest BCUT2D eigenvalue weighted by atomic mass is 9.85. The number of hydrogen-bond donors (Lipinski definition) is 2. The molecule has 4 aromatic rings. The molecule has 15 nitrogen and oxygen atoms in total. The van der Waals surface area contributed by atoms with Crippen LogP contribution in [0.15, 0.2) is 35.4 Å². The van der Waals surface area contributed by atoms with Crippen LogP contribution in [0.3, 0.4) is 0 Å². The van der Waals surface area contributed by atoms with Crippen LogP contribution in [0.4, 0.5) is 18.9 Å². The maximum absolute atomic E-state index is 14.3. The summed E-state index contributed by atoms with van der Waals surface area (Å²) in [5.41, 5.74) is -0.797. The zero-order valence-corrected chi connectivity index (χ0v) is 26.0. The van der Waals surface area contributed by atoms with Crippen molar-refractivity contribution in [3.05, 3.63) is 68.9 Å². The Morgan fingerprint density at radius 2 is 2.02 bits per heavy atom. The normalized spacial score (nSPS) is 19.1. The fourth-order valence-electron chi connectivity index (χ4n) is 6.48. The van der Waals surface area contributed by atoms with E-state index in [0.29, 0.717) is 25.3 Å². The van der Waals surface area contributed by atoms with E-state index in [-0.39, 0.29) is 64.9 Å². The van der Waals surface area contributed by atoms with Crippen LogP contribution in [0.5, 0.6) is 5.75 Å². The first-order valence-electron chi connectivity index (χ1n) is 14.9. The fourth-order valence-corrected chi connectivity index (χ4v) is 6.71. The number of piperidine rings is 1. The van der Waals surface area contributed by atoms with Gasteiger partial charge in [-0.15, -0.1) is 18.3 Å². The van der Waals surface area contributed by atoms with E-state index in [1.807, 2.05) is 0 Å². The molecule has 0 aromatic carbocycles. The van der Waals surface area contributed by atoms with Crippen molar-refractivity contribution in [3.8, 4) is 5.75 Å². The topological polar surface area (TPSA) is 171 Å². The number of pyridine rings is 1. The second-order valence-corrected chi connectivity index (χ2v) is 11.9. The SMILES string of the molecule is CC1OC2(CCN(C(=O)c3ncccc3O)CC2)c2c1n(CC(=O)Nc1cnn(C(F)(F)F)c1Cl)c1nc(C3=CCOCC3)nn1c2=O. The molecule has 19 heteroatoms. The minimum Gasteiger partial charge on any atom is -0.505 e. The first-order valence-corrected chi connectivity index (χ1v) is 15.3. The van der Waals surface area contributed by atoms with Crippen molar-refractivity contribution in [1.29, 1.82) is 0 Å². The van der Waals surface area contributed by atoms with Gasteiger partial charge in [0.25, 0.3) is 11.5 Å². The predicted octanol–water partition coefficient (Wildman–Crippen LogP) is 2.98. The number of halogens is 4. The number of fused-ring (bicyclic) bond motifs is 3. The number of carbonyl (C=O) groups excluding carboxylic acids is 2. The number of rotatable bonds is 5. The van der Waals surface area contributed by atoms with Crippen molar-refractivity contribution < 1.29 is 37.3 Å². The Kier molecular flexibility index (Phi) is 7.75. The third kappa shape index (κ3) is 5.29. The molecule has 1 atom stereocenters. The number of alkyl halides is 3. The van der Waals surface area contributed by atoms with E-state index < -0.39 is 47.1 Å². The molecule has 3 aliphatic heterocycles. The van der Waals surface area contributed by atoms with Crippen LogP contribution in [0.1, 0.15) is 59.9 Å². The van der Waals surface area contributed by atoms with Gasteiger partial charge in [0.1, 0.15) is 17.9 Å². The highest BCUT2D eigenvalue weighted by molar-refractivity contribution is 6.32. The van der Waals surface area contributed by atoms with Gasteiger partial charge in [0.15, 0.2) is 16.7 Å². The van der Waals surface area contributed by atoms with Crippen molar-refractivity contribution in [1.82, 2.24) is 38.8 Å². The maximum atomic E-state index is 14.3. The highest BCUT2D eigenvalue weighted by atomic mass is 35.5. The molecule has 0 bridgehead atoms. The Hall–Kier alpha value is -4.81. The van der Waals surface area contributed by atoms with E-state index in [9.17, 15) is 32.7 Å². The van der Waals surface area contributed by atoms with Crippen LogP contribution in [0.2, 0.25) is 5.15 Å². The molecular formula is C29H27ClF3N9O6. The standard InChI is InChI=1S/C29H27ClF3N9O6/c1-15-22-20(28(48-15)6-9-39(10-7-28)26(46)21-18(43)3-2-8-34-21)25(45)41-27(37-24(38-41)16-4-11-47-12-5-16)40(22)14-19(44)36-17-13-35-42(23(17)30)29(31,32)33/h2-4,8,13,15,43H,5-7,9-12,14H2,1H3,(H,36,44). The molecule has 48 heavy (non-hydrogen) atoms. The van der Waals surface area contributed by atoms with E-state index in [1.165, 1.54) is 27.8 Å². The minimum atomic E-state index is -4.90. The Morgan fingerprint density at radius 1 is 1.25 bits per heavy atom. The van der Waals surface area contributed by atoms with Crippen LogP contribution < -0.4 is 10.9 Å². The van der Waals surface area contributed by atoms with Gasteiger partial charge in [-0.1, -0.05) is 17.7 Å². The van der Waals surface area contributed by atoms with Crippen molar-refractivity contribution in [2.24, 2.45) is 0 Å². The van der Waals surface area contributed by atoms with E-state index in [1.54, 1.807) is 13.0 Å². The molecule has 0 saturated carbocycles. The molecule has 2 N–H and O–H groups in total. The number of amides is 2. The van der Waals surface area contributed by atoms with Gasteiger partial charge in [-0.3, -0.25) is 14.4 Å². The van der Waals surface area contributed by atoms with Gasteiger partial charge in [0, 0.05) is 19.3 Å². The van der Waals surface area contributed by atoms with E-state index in [4.69, 9.17) is 21.1 Å². The number of carbonyl (C=O) groups is 2. The van der Waals surface area contributed by atoms with Crippen molar-refractivity contribution in [3.63, 3.8) is 0 Å². The quantitative estimate of drug-likeness (QED) is 0.318. The molecule has 1 fully saturated rings. The summed E-state index contributed by atoms with van der Waals surface area (Å²) in [6.07, 6.45) is -0.751. The van der Waals surface area contributed by atoms with Gasteiger partial charge in [0.05, 0.1) is 42.5 Å². The van der Waals surface area contributed by atoms with Crippen molar-refractivity contribution in [2.45, 2.75) is 50.7 Å². The lowest BCUT2D eigenvalue weighted by molar-refractivity contribution is -0.212. The molecule has 252 valence electrons. The van der Waals surface area contributed by atoms with Crippen LogP contribution >= 0.6 is 11.6 Å². The van der Waals surface area contributed by atoms with Crippen molar-refractivity contribution in [2.75, 3.05) is 31.6 Å². The monoisotopic (exact) mass is 689 g/mol. The van der Waals surface area contributed by atoms with Crippen LogP contribution in [0.25, 0.3) is 11.4 Å². The van der Waals surface area contributed by atoms with Gasteiger partial charge >= 0.3 is 6.30 Å². The fraction of sp³-hybridized carbons (Fsp3) is 0.414. The number of aromatic hydroxyl groups is 1. The number of likely N-dealkylation sites (tertiary alicyclic amines) is 1. The summed E-state index contributed by atoms with van der Waals surface area (Å²) >= 11 is 5.87. The number of nitrogens with one attached hydrogen (secondary N) is 1. The molecule has 7 rings (SSSR count). The van der Waals surface area contributed by atoms with E-state index in [0.717, 1.165) is 16.3 Å². The molecule has 0 radical (unpaired) electrons. The summed E-state index contributed by atoms with van der Waals surface area (Å²) in [6.45, 7) is 2.31. The Bertz CT molecular complexity index is 2050.